The van der Waals surface area contributed by atoms with Gasteiger partial charge in [-0.3, -0.25) is 10.4 Å². The number of benzene rings is 2. The molecule has 2 heterocycles. The number of nitrogen functional groups attached to an aromatic ring is 2. The maximum Gasteiger partial charge on any atom is 0.349 e. The van der Waals surface area contributed by atoms with Gasteiger partial charge in [0.1, 0.15) is 17.7 Å². The molecular formula is C23H23FN8O3. The van der Waals surface area contributed by atoms with Gasteiger partial charge in [0.15, 0.2) is 23.1 Å². The van der Waals surface area contributed by atoms with Gasteiger partial charge in [0.05, 0.1) is 19.9 Å². The molecule has 0 spiro atoms. The highest BCUT2D eigenvalue weighted by molar-refractivity contribution is 5.95. The topological polar surface area (TPSA) is 170 Å². The zero-order chi connectivity index (χ0) is 25.1. The molecule has 0 fully saturated rings. The summed E-state index contributed by atoms with van der Waals surface area (Å²) in [5, 5.41) is 15.1. The number of aromatic amines is 1. The van der Waals surface area contributed by atoms with Gasteiger partial charge in [-0.25, -0.2) is 14.2 Å². The lowest BCUT2D eigenvalue weighted by molar-refractivity contribution is 0.351. The molecule has 11 nitrogen and oxygen atoms in total. The highest BCUT2D eigenvalue weighted by Gasteiger charge is 2.26. The zero-order valence-corrected chi connectivity index (χ0v) is 18.9. The van der Waals surface area contributed by atoms with Crippen LogP contribution in [0.25, 0.3) is 5.82 Å². The molecule has 4 rings (SSSR count). The first-order valence-electron chi connectivity index (χ1n) is 10.3. The number of halogens is 1. The predicted octanol–water partition coefficient (Wildman–Crippen LogP) is 2.18. The van der Waals surface area contributed by atoms with E-state index in [9.17, 15) is 4.79 Å². The summed E-state index contributed by atoms with van der Waals surface area (Å²) in [6.07, 6.45) is 1.48. The second-order valence-electron chi connectivity index (χ2n) is 7.44. The predicted molar refractivity (Wildman–Crippen MR) is 129 cm³/mol. The molecule has 2 aromatic heterocycles. The normalized spacial score (nSPS) is 11.6. The molecule has 0 aliphatic carbocycles. The molecule has 0 bridgehead atoms. The van der Waals surface area contributed by atoms with E-state index in [0.717, 1.165) is 4.68 Å². The van der Waals surface area contributed by atoms with Crippen LogP contribution in [0, 0.1) is 11.2 Å². The minimum atomic E-state index is -0.961. The summed E-state index contributed by atoms with van der Waals surface area (Å²) in [6, 6.07) is 11.5. The fourth-order valence-electron chi connectivity index (χ4n) is 3.50. The van der Waals surface area contributed by atoms with Crippen LogP contribution < -0.4 is 31.9 Å². The lowest BCUT2D eigenvalue weighted by atomic mass is 10.0. The second kappa shape index (κ2) is 9.55. The Hall–Kier alpha value is -4.87. The molecule has 0 radical (unpaired) electrons. The number of H-pyrrole nitrogens is 1. The summed E-state index contributed by atoms with van der Waals surface area (Å²) in [4.78, 5) is 19.5. The van der Waals surface area contributed by atoms with Crippen molar-refractivity contribution in [2.45, 2.75) is 6.04 Å². The average Bonchev–Trinajstić information content (AvgIpc) is 3.24. The Morgan fingerprint density at radius 1 is 1.17 bits per heavy atom. The minimum Gasteiger partial charge on any atom is -0.493 e. The summed E-state index contributed by atoms with van der Waals surface area (Å²) in [6.45, 7) is 0. The Bertz CT molecular complexity index is 1430. The van der Waals surface area contributed by atoms with Crippen molar-refractivity contribution in [3.63, 3.8) is 0 Å². The van der Waals surface area contributed by atoms with Crippen LogP contribution in [0.5, 0.6) is 11.5 Å². The van der Waals surface area contributed by atoms with Crippen molar-refractivity contribution >= 4 is 17.2 Å². The molecule has 1 atom stereocenters. The van der Waals surface area contributed by atoms with Gasteiger partial charge < -0.3 is 26.3 Å². The number of nitrogens with one attached hydrogen (secondary N) is 3. The number of pyridine rings is 1. The van der Waals surface area contributed by atoms with Gasteiger partial charge in [0, 0.05) is 29.1 Å². The van der Waals surface area contributed by atoms with Crippen LogP contribution in [-0.2, 0) is 0 Å². The van der Waals surface area contributed by atoms with Crippen molar-refractivity contribution in [2.24, 2.45) is 5.73 Å². The summed E-state index contributed by atoms with van der Waals surface area (Å²) in [5.41, 5.74) is 12.3. The molecule has 4 aromatic rings. The number of hydrogen-bond donors (Lipinski definition) is 5. The molecule has 0 aliphatic heterocycles. The maximum absolute atomic E-state index is 15.3. The van der Waals surface area contributed by atoms with Crippen LogP contribution in [-0.4, -0.2) is 39.8 Å². The van der Waals surface area contributed by atoms with E-state index in [2.05, 4.69) is 20.4 Å². The number of methoxy groups -OCH3 is 2. The third-order valence-electron chi connectivity index (χ3n) is 5.25. The van der Waals surface area contributed by atoms with Crippen LogP contribution in [0.3, 0.4) is 0 Å². The molecule has 35 heavy (non-hydrogen) atoms. The van der Waals surface area contributed by atoms with Crippen LogP contribution in [0.4, 0.5) is 15.8 Å². The van der Waals surface area contributed by atoms with E-state index in [0.29, 0.717) is 17.0 Å². The quantitative estimate of drug-likeness (QED) is 0.189. The van der Waals surface area contributed by atoms with Gasteiger partial charge in [-0.05, 0) is 42.5 Å². The summed E-state index contributed by atoms with van der Waals surface area (Å²) < 4.78 is 26.8. The van der Waals surface area contributed by atoms with Gasteiger partial charge in [0.2, 0.25) is 0 Å². The fourth-order valence-corrected chi connectivity index (χ4v) is 3.50. The van der Waals surface area contributed by atoms with Crippen molar-refractivity contribution < 1.29 is 13.9 Å². The lowest BCUT2D eigenvalue weighted by Crippen LogP contribution is -2.18. The molecule has 0 amide bonds. The monoisotopic (exact) mass is 478 g/mol. The Balaban J connectivity index is 1.84. The molecule has 12 heteroatoms. The molecule has 180 valence electrons. The van der Waals surface area contributed by atoms with E-state index in [1.54, 1.807) is 36.4 Å². The number of amidine groups is 1. The molecule has 2 aromatic carbocycles. The Morgan fingerprint density at radius 3 is 2.49 bits per heavy atom. The number of rotatable bonds is 8. The van der Waals surface area contributed by atoms with E-state index < -0.39 is 17.5 Å². The Labute approximate surface area is 199 Å². The van der Waals surface area contributed by atoms with Crippen molar-refractivity contribution in [1.29, 1.82) is 5.41 Å². The van der Waals surface area contributed by atoms with Crippen molar-refractivity contribution in [2.75, 3.05) is 25.3 Å². The van der Waals surface area contributed by atoms with Crippen molar-refractivity contribution in [3.05, 3.63) is 88.0 Å². The Morgan fingerprint density at radius 2 is 1.86 bits per heavy atom. The first kappa shape index (κ1) is 23.3. The maximum atomic E-state index is 15.3. The van der Waals surface area contributed by atoms with E-state index in [-0.39, 0.29) is 34.5 Å². The molecular weight excluding hydrogens is 455 g/mol. The smallest absolute Gasteiger partial charge is 0.349 e. The molecule has 0 saturated heterocycles. The number of ether oxygens (including phenoxy) is 2. The fraction of sp³-hybridized carbons (Fsp3) is 0.130. The van der Waals surface area contributed by atoms with Crippen LogP contribution in [0.2, 0.25) is 0 Å². The van der Waals surface area contributed by atoms with E-state index in [1.165, 1.54) is 32.5 Å². The second-order valence-corrected chi connectivity index (χ2v) is 7.44. The summed E-state index contributed by atoms with van der Waals surface area (Å²) in [7, 11) is 2.84. The molecule has 0 unspecified atom stereocenters. The van der Waals surface area contributed by atoms with Crippen molar-refractivity contribution in [1.82, 2.24) is 19.7 Å². The van der Waals surface area contributed by atoms with Gasteiger partial charge >= 0.3 is 5.69 Å². The largest absolute Gasteiger partial charge is 0.493 e. The third kappa shape index (κ3) is 4.62. The molecule has 7 N–H and O–H groups in total. The third-order valence-corrected chi connectivity index (χ3v) is 5.25. The van der Waals surface area contributed by atoms with E-state index >= 15 is 4.39 Å². The van der Waals surface area contributed by atoms with Gasteiger partial charge in [-0.15, -0.1) is 5.10 Å². The Kier molecular flexibility index (Phi) is 6.36. The van der Waals surface area contributed by atoms with E-state index in [4.69, 9.17) is 26.4 Å². The lowest BCUT2D eigenvalue weighted by Gasteiger charge is -2.20. The van der Waals surface area contributed by atoms with Crippen LogP contribution in [0.1, 0.15) is 23.0 Å². The first-order chi connectivity index (χ1) is 16.8. The SMILES string of the molecule is COc1cc(F)c([C@H](Nc2ccc(C(=N)N)cc2)c2nn(-c3ncccc3N)c(=O)[nH]2)cc1OC. The minimum absolute atomic E-state index is 0.0879. The number of nitrogens with zero attached hydrogens (tertiary/aromatic N) is 3. The van der Waals surface area contributed by atoms with Gasteiger partial charge in [-0.1, -0.05) is 0 Å². The number of aromatic nitrogens is 4. The number of anilines is 2. The van der Waals surface area contributed by atoms with Crippen molar-refractivity contribution in [3.8, 4) is 17.3 Å². The average molecular weight is 478 g/mol. The summed E-state index contributed by atoms with van der Waals surface area (Å²) in [5.74, 6) is 0.0273. The molecule has 0 aliphatic rings. The number of hydrogen-bond acceptors (Lipinski definition) is 8. The first-order valence-corrected chi connectivity index (χ1v) is 10.3. The highest BCUT2D eigenvalue weighted by atomic mass is 19.1. The van der Waals surface area contributed by atoms with E-state index in [1.807, 2.05) is 0 Å². The van der Waals surface area contributed by atoms with Crippen LogP contribution in [0.15, 0.2) is 59.5 Å². The van der Waals surface area contributed by atoms with Gasteiger partial charge in [-0.2, -0.15) is 4.68 Å². The molecule has 0 saturated carbocycles. The summed E-state index contributed by atoms with van der Waals surface area (Å²) >= 11 is 0. The highest BCUT2D eigenvalue weighted by Crippen LogP contribution is 2.35. The standard InChI is InChI=1S/C23H23FN8O3/c1-34-17-10-14(15(24)11-18(17)35-2)19(29-13-7-5-12(6-8-13)20(26)27)21-30-23(33)32(31-21)22-16(25)4-3-9-28-22/h3-11,19,29H,25H2,1-2H3,(H3,26,27)(H,30,31,33)/t19-/m0/s1. The zero-order valence-electron chi connectivity index (χ0n) is 18.9. The number of nitrogens with two attached hydrogens (primary N) is 2. The van der Waals surface area contributed by atoms with Gasteiger partial charge in [0.25, 0.3) is 0 Å². The van der Waals surface area contributed by atoms with Crippen LogP contribution >= 0.6 is 0 Å².